The second-order valence-electron chi connectivity index (χ2n) is 6.11. The third-order valence-corrected chi connectivity index (χ3v) is 3.96. The van der Waals surface area contributed by atoms with Crippen LogP contribution in [0.15, 0.2) is 30.7 Å². The van der Waals surface area contributed by atoms with Gasteiger partial charge < -0.3 is 15.1 Å². The highest BCUT2D eigenvalue weighted by atomic mass is 16.6. The second kappa shape index (κ2) is 7.29. The molecule has 9 nitrogen and oxygen atoms in total. The van der Waals surface area contributed by atoms with Crippen LogP contribution in [0.4, 0.5) is 23.1 Å². The summed E-state index contributed by atoms with van der Waals surface area (Å²) >= 11 is 0. The number of pyridine rings is 1. The lowest BCUT2D eigenvalue weighted by Gasteiger charge is -2.35. The van der Waals surface area contributed by atoms with Gasteiger partial charge in [-0.1, -0.05) is 6.07 Å². The van der Waals surface area contributed by atoms with Crippen molar-refractivity contribution in [3.05, 3.63) is 40.8 Å². The van der Waals surface area contributed by atoms with Crippen LogP contribution in [0.5, 0.6) is 0 Å². The molecule has 0 aliphatic carbocycles. The van der Waals surface area contributed by atoms with Crippen LogP contribution in [-0.4, -0.2) is 52.1 Å². The maximum atomic E-state index is 11.6. The molecular formula is C16H21N7O2. The molecule has 9 heteroatoms. The Morgan fingerprint density at radius 2 is 1.84 bits per heavy atom. The first-order valence-electron chi connectivity index (χ1n) is 8.23. The van der Waals surface area contributed by atoms with E-state index in [0.29, 0.717) is 18.9 Å². The minimum atomic E-state index is -0.412. The number of aromatic nitrogens is 3. The predicted molar refractivity (Wildman–Crippen MR) is 96.1 cm³/mol. The summed E-state index contributed by atoms with van der Waals surface area (Å²) in [6, 6.07) is 5.84. The minimum absolute atomic E-state index is 0.0439. The molecule has 0 amide bonds. The Morgan fingerprint density at radius 3 is 2.44 bits per heavy atom. The Bertz CT molecular complexity index is 731. The summed E-state index contributed by atoms with van der Waals surface area (Å²) in [4.78, 5) is 27.9. The van der Waals surface area contributed by atoms with Gasteiger partial charge in [0.05, 0.1) is 4.92 Å². The van der Waals surface area contributed by atoms with Crippen LogP contribution in [0.25, 0.3) is 0 Å². The third kappa shape index (κ3) is 3.76. The van der Waals surface area contributed by atoms with Crippen LogP contribution in [-0.2, 0) is 0 Å². The van der Waals surface area contributed by atoms with Crippen LogP contribution in [0.3, 0.4) is 0 Å². The summed E-state index contributed by atoms with van der Waals surface area (Å²) in [7, 11) is 0. The van der Waals surface area contributed by atoms with Gasteiger partial charge in [0.25, 0.3) is 0 Å². The molecule has 1 aliphatic heterocycles. The third-order valence-electron chi connectivity index (χ3n) is 3.96. The molecule has 0 unspecified atom stereocenters. The largest absolute Gasteiger partial charge is 0.362 e. The number of nitrogens with one attached hydrogen (secondary N) is 1. The molecule has 0 spiro atoms. The Balaban J connectivity index is 1.80. The highest BCUT2D eigenvalue weighted by Gasteiger charge is 2.29. The first-order valence-corrected chi connectivity index (χ1v) is 8.23. The van der Waals surface area contributed by atoms with E-state index in [0.717, 1.165) is 18.9 Å². The van der Waals surface area contributed by atoms with E-state index in [2.05, 4.69) is 25.2 Å². The van der Waals surface area contributed by atoms with E-state index in [9.17, 15) is 10.1 Å². The molecule has 1 fully saturated rings. The highest BCUT2D eigenvalue weighted by molar-refractivity contribution is 5.70. The average Bonchev–Trinajstić information content (AvgIpc) is 2.62. The van der Waals surface area contributed by atoms with Crippen molar-refractivity contribution in [2.24, 2.45) is 0 Å². The molecule has 0 aromatic carbocycles. The highest BCUT2D eigenvalue weighted by Crippen LogP contribution is 2.32. The van der Waals surface area contributed by atoms with Crippen molar-refractivity contribution in [1.82, 2.24) is 15.0 Å². The van der Waals surface area contributed by atoms with Gasteiger partial charge in [-0.05, 0) is 26.0 Å². The van der Waals surface area contributed by atoms with Crippen molar-refractivity contribution in [3.8, 4) is 0 Å². The summed E-state index contributed by atoms with van der Waals surface area (Å²) in [5, 5.41) is 14.6. The number of rotatable bonds is 5. The average molecular weight is 343 g/mol. The molecule has 25 heavy (non-hydrogen) atoms. The van der Waals surface area contributed by atoms with Crippen LogP contribution in [0.2, 0.25) is 0 Å². The molecule has 1 aliphatic rings. The van der Waals surface area contributed by atoms with E-state index >= 15 is 0 Å². The normalized spacial score (nSPS) is 14.7. The van der Waals surface area contributed by atoms with E-state index in [4.69, 9.17) is 0 Å². The lowest BCUT2D eigenvalue weighted by Crippen LogP contribution is -2.47. The van der Waals surface area contributed by atoms with E-state index in [1.807, 2.05) is 36.9 Å². The number of anilines is 3. The summed E-state index contributed by atoms with van der Waals surface area (Å²) in [6.07, 6.45) is 3.14. The van der Waals surface area contributed by atoms with Gasteiger partial charge in [0, 0.05) is 38.4 Å². The maximum Gasteiger partial charge on any atom is 0.353 e. The minimum Gasteiger partial charge on any atom is -0.362 e. The van der Waals surface area contributed by atoms with Crippen molar-refractivity contribution in [2.75, 3.05) is 41.3 Å². The van der Waals surface area contributed by atoms with Gasteiger partial charge >= 0.3 is 5.69 Å². The molecule has 132 valence electrons. The molecule has 1 N–H and O–H groups in total. The van der Waals surface area contributed by atoms with E-state index in [1.165, 1.54) is 6.33 Å². The monoisotopic (exact) mass is 343 g/mol. The van der Waals surface area contributed by atoms with E-state index < -0.39 is 4.92 Å². The molecule has 0 bridgehead atoms. The molecular weight excluding hydrogens is 322 g/mol. The van der Waals surface area contributed by atoms with Crippen molar-refractivity contribution in [2.45, 2.75) is 19.9 Å². The Hall–Kier alpha value is -2.97. The molecule has 2 aromatic heterocycles. The molecule has 1 saturated heterocycles. The maximum absolute atomic E-state index is 11.6. The number of nitro groups is 1. The zero-order chi connectivity index (χ0) is 17.8. The smallest absolute Gasteiger partial charge is 0.353 e. The Kier molecular flexibility index (Phi) is 4.92. The van der Waals surface area contributed by atoms with Crippen LogP contribution in [0.1, 0.15) is 13.8 Å². The molecule has 3 heterocycles. The fourth-order valence-electron chi connectivity index (χ4n) is 2.84. The van der Waals surface area contributed by atoms with Crippen molar-refractivity contribution < 1.29 is 4.92 Å². The Labute approximate surface area is 145 Å². The zero-order valence-corrected chi connectivity index (χ0v) is 14.3. The first kappa shape index (κ1) is 16.9. The Morgan fingerprint density at radius 1 is 1.12 bits per heavy atom. The molecule has 3 rings (SSSR count). The topological polar surface area (TPSA) is 100 Å². The standard InChI is InChI=1S/C16H21N7O2/c1-12(2)20-15-14(23(24)25)16(19-11-18-15)22-9-7-21(8-10-22)13-5-3-4-6-17-13/h3-6,11-12H,7-10H2,1-2H3,(H,18,19,20). The number of piperazine rings is 1. The lowest BCUT2D eigenvalue weighted by atomic mass is 10.2. The van der Waals surface area contributed by atoms with Gasteiger partial charge in [-0.2, -0.15) is 0 Å². The lowest BCUT2D eigenvalue weighted by molar-refractivity contribution is -0.383. The molecule has 0 radical (unpaired) electrons. The molecule has 0 saturated carbocycles. The summed E-state index contributed by atoms with van der Waals surface area (Å²) in [6.45, 7) is 6.55. The predicted octanol–water partition coefficient (Wildman–Crippen LogP) is 1.93. The van der Waals surface area contributed by atoms with Gasteiger partial charge in [0.2, 0.25) is 11.6 Å². The van der Waals surface area contributed by atoms with Crippen LogP contribution in [0, 0.1) is 10.1 Å². The van der Waals surface area contributed by atoms with Crippen molar-refractivity contribution in [3.63, 3.8) is 0 Å². The number of nitrogens with zero attached hydrogens (tertiary/aromatic N) is 6. The van der Waals surface area contributed by atoms with E-state index in [-0.39, 0.29) is 17.5 Å². The van der Waals surface area contributed by atoms with E-state index in [1.54, 1.807) is 6.20 Å². The summed E-state index contributed by atoms with van der Waals surface area (Å²) in [5.74, 6) is 1.54. The van der Waals surface area contributed by atoms with Crippen molar-refractivity contribution >= 4 is 23.1 Å². The zero-order valence-electron chi connectivity index (χ0n) is 14.3. The summed E-state index contributed by atoms with van der Waals surface area (Å²) in [5.41, 5.74) is -0.0671. The fraction of sp³-hybridized carbons (Fsp3) is 0.438. The van der Waals surface area contributed by atoms with Crippen LogP contribution < -0.4 is 15.1 Å². The van der Waals surface area contributed by atoms with Gasteiger partial charge in [-0.25, -0.2) is 15.0 Å². The van der Waals surface area contributed by atoms with Gasteiger partial charge in [0.15, 0.2) is 0 Å². The number of hydrogen-bond acceptors (Lipinski definition) is 8. The van der Waals surface area contributed by atoms with Crippen molar-refractivity contribution in [1.29, 1.82) is 0 Å². The second-order valence-corrected chi connectivity index (χ2v) is 6.11. The SMILES string of the molecule is CC(C)Nc1ncnc(N2CCN(c3ccccn3)CC2)c1[N+](=O)[O-]. The molecule has 2 aromatic rings. The quantitative estimate of drug-likeness (QED) is 0.649. The van der Waals surface area contributed by atoms with Gasteiger partial charge in [0.1, 0.15) is 12.1 Å². The number of hydrogen-bond donors (Lipinski definition) is 1. The first-order chi connectivity index (χ1) is 12.1. The molecule has 0 atom stereocenters. The fourth-order valence-corrected chi connectivity index (χ4v) is 2.84. The van der Waals surface area contributed by atoms with Gasteiger partial charge in [-0.15, -0.1) is 0 Å². The summed E-state index contributed by atoms with van der Waals surface area (Å²) < 4.78 is 0. The van der Waals surface area contributed by atoms with Crippen LogP contribution >= 0.6 is 0 Å². The van der Waals surface area contributed by atoms with Gasteiger partial charge in [-0.3, -0.25) is 10.1 Å².